The van der Waals surface area contributed by atoms with Gasteiger partial charge in [-0.25, -0.2) is 4.79 Å². The number of hydrogen-bond acceptors (Lipinski definition) is 3. The van der Waals surface area contributed by atoms with E-state index < -0.39 is 11.8 Å². The van der Waals surface area contributed by atoms with Crippen LogP contribution in [-0.4, -0.2) is 18.9 Å². The molecule has 0 spiro atoms. The van der Waals surface area contributed by atoms with Gasteiger partial charge in [-0.05, 0) is 13.3 Å². The van der Waals surface area contributed by atoms with Gasteiger partial charge in [0.15, 0.2) is 0 Å². The number of rotatable bonds is 4. The van der Waals surface area contributed by atoms with E-state index in [1.54, 1.807) is 25.2 Å². The third-order valence-electron chi connectivity index (χ3n) is 1.40. The van der Waals surface area contributed by atoms with Crippen LogP contribution in [0.15, 0.2) is 23.8 Å². The maximum Gasteiger partial charge on any atom is 0.379 e. The normalized spacial score (nSPS) is 11.8. The maximum atomic E-state index is 11.3. The van der Waals surface area contributed by atoms with Crippen LogP contribution >= 0.6 is 0 Å². The molecule has 0 saturated heterocycles. The average Bonchev–Trinajstić information content (AvgIpc) is 2.15. The summed E-state index contributed by atoms with van der Waals surface area (Å²) in [5.41, 5.74) is 0.386. The number of methoxy groups -OCH3 is 1. The van der Waals surface area contributed by atoms with Crippen LogP contribution in [0.2, 0.25) is 0 Å². The highest BCUT2D eigenvalue weighted by Gasteiger charge is 2.16. The Morgan fingerprint density at radius 2 is 2.00 bits per heavy atom. The first-order chi connectivity index (χ1) is 6.17. The molecule has 0 N–H and O–H groups in total. The maximum absolute atomic E-state index is 11.3. The number of Topliss-reactive ketones (excluding diaryl/α,β-unsaturated/α-hetero) is 1. The fraction of sp³-hybridized carbons (Fsp3) is 0.400. The predicted octanol–water partition coefficient (Wildman–Crippen LogP) is 1.64. The Bertz CT molecular complexity index is 249. The number of hydrogen-bond donors (Lipinski definition) is 0. The summed E-state index contributed by atoms with van der Waals surface area (Å²) in [6, 6.07) is 0. The first kappa shape index (κ1) is 11.6. The molecule has 3 nitrogen and oxygen atoms in total. The molecule has 0 fully saturated rings. The zero-order chi connectivity index (χ0) is 10.3. The summed E-state index contributed by atoms with van der Waals surface area (Å²) < 4.78 is 4.32. The molecule has 0 radical (unpaired) electrons. The zero-order valence-corrected chi connectivity index (χ0v) is 8.16. The molecule has 0 unspecified atom stereocenters. The minimum absolute atomic E-state index is 0.386. The van der Waals surface area contributed by atoms with Crippen LogP contribution in [0.1, 0.15) is 20.3 Å². The molecule has 0 heterocycles. The second-order valence-corrected chi connectivity index (χ2v) is 2.39. The van der Waals surface area contributed by atoms with E-state index in [1.807, 2.05) is 6.92 Å². The van der Waals surface area contributed by atoms with Crippen molar-refractivity contribution < 1.29 is 14.3 Å². The van der Waals surface area contributed by atoms with Gasteiger partial charge in [0.2, 0.25) is 0 Å². The average molecular weight is 182 g/mol. The molecule has 0 rings (SSSR count). The van der Waals surface area contributed by atoms with E-state index in [9.17, 15) is 9.59 Å². The quantitative estimate of drug-likeness (QED) is 0.287. The highest BCUT2D eigenvalue weighted by molar-refractivity contribution is 6.41. The highest BCUT2D eigenvalue weighted by atomic mass is 16.5. The number of carbonyl (C=O) groups excluding carboxylic acids is 2. The molecule has 0 aromatic carbocycles. The van der Waals surface area contributed by atoms with Crippen molar-refractivity contribution in [1.29, 1.82) is 0 Å². The van der Waals surface area contributed by atoms with Crippen molar-refractivity contribution in [3.05, 3.63) is 23.8 Å². The molecular weight excluding hydrogens is 168 g/mol. The zero-order valence-electron chi connectivity index (χ0n) is 8.16. The first-order valence-electron chi connectivity index (χ1n) is 4.12. The van der Waals surface area contributed by atoms with Crippen LogP contribution < -0.4 is 0 Å². The standard InChI is InChI=1S/C10H14O3/c1-4-6-8(7-5-2)9(11)10(12)13-3/h4,6-7H,5H2,1-3H3/b6-4-,8-7+. The highest BCUT2D eigenvalue weighted by Crippen LogP contribution is 2.02. The van der Waals surface area contributed by atoms with Crippen LogP contribution in [0.4, 0.5) is 0 Å². The monoisotopic (exact) mass is 182 g/mol. The molecular formula is C10H14O3. The Hall–Kier alpha value is -1.38. The summed E-state index contributed by atoms with van der Waals surface area (Å²) in [4.78, 5) is 22.1. The van der Waals surface area contributed by atoms with Gasteiger partial charge in [-0.15, -0.1) is 0 Å². The van der Waals surface area contributed by atoms with Gasteiger partial charge in [0.25, 0.3) is 5.78 Å². The first-order valence-corrected chi connectivity index (χ1v) is 4.12. The lowest BCUT2D eigenvalue weighted by Crippen LogP contribution is -2.16. The van der Waals surface area contributed by atoms with Crippen LogP contribution in [0.3, 0.4) is 0 Å². The van der Waals surface area contributed by atoms with Crippen LogP contribution in [0.5, 0.6) is 0 Å². The third kappa shape index (κ3) is 3.69. The second kappa shape index (κ2) is 6.17. The summed E-state index contributed by atoms with van der Waals surface area (Å²) >= 11 is 0. The second-order valence-electron chi connectivity index (χ2n) is 2.39. The van der Waals surface area contributed by atoms with E-state index in [0.29, 0.717) is 12.0 Å². The van der Waals surface area contributed by atoms with E-state index in [1.165, 1.54) is 7.11 Å². The fourth-order valence-electron chi connectivity index (χ4n) is 0.846. The number of carbonyl (C=O) groups is 2. The fourth-order valence-corrected chi connectivity index (χ4v) is 0.846. The largest absolute Gasteiger partial charge is 0.463 e. The van der Waals surface area contributed by atoms with E-state index >= 15 is 0 Å². The Morgan fingerprint density at radius 3 is 2.38 bits per heavy atom. The molecule has 3 heteroatoms. The number of esters is 1. The molecule has 72 valence electrons. The topological polar surface area (TPSA) is 43.4 Å². The van der Waals surface area contributed by atoms with Crippen molar-refractivity contribution in [2.45, 2.75) is 20.3 Å². The summed E-state index contributed by atoms with van der Waals surface area (Å²) in [5, 5.41) is 0. The van der Waals surface area contributed by atoms with Crippen molar-refractivity contribution >= 4 is 11.8 Å². The van der Waals surface area contributed by atoms with Gasteiger partial charge < -0.3 is 4.74 Å². The van der Waals surface area contributed by atoms with Crippen molar-refractivity contribution in [3.63, 3.8) is 0 Å². The number of ether oxygens (including phenoxy) is 1. The number of allylic oxidation sites excluding steroid dienone is 3. The molecule has 0 aromatic rings. The molecule has 13 heavy (non-hydrogen) atoms. The van der Waals surface area contributed by atoms with Crippen molar-refractivity contribution in [2.75, 3.05) is 7.11 Å². The number of ketones is 1. The lowest BCUT2D eigenvalue weighted by atomic mass is 10.1. The third-order valence-corrected chi connectivity index (χ3v) is 1.40. The molecule has 0 atom stereocenters. The van der Waals surface area contributed by atoms with Crippen LogP contribution in [0.25, 0.3) is 0 Å². The molecule has 0 saturated carbocycles. The summed E-state index contributed by atoms with van der Waals surface area (Å²) in [7, 11) is 1.19. The van der Waals surface area contributed by atoms with E-state index in [-0.39, 0.29) is 0 Å². The van der Waals surface area contributed by atoms with Crippen LogP contribution in [0, 0.1) is 0 Å². The minimum atomic E-state index is -0.821. The van der Waals surface area contributed by atoms with Gasteiger partial charge in [0.05, 0.1) is 7.11 Å². The Balaban J connectivity index is 4.66. The van der Waals surface area contributed by atoms with Gasteiger partial charge in [0, 0.05) is 5.57 Å². The Labute approximate surface area is 78.1 Å². The lowest BCUT2D eigenvalue weighted by Gasteiger charge is -1.98. The molecule has 0 bridgehead atoms. The van der Waals surface area contributed by atoms with E-state index in [2.05, 4.69) is 4.74 Å². The molecule has 0 amide bonds. The predicted molar refractivity (Wildman–Crippen MR) is 50.2 cm³/mol. The van der Waals surface area contributed by atoms with Gasteiger partial charge >= 0.3 is 5.97 Å². The molecule has 0 aromatic heterocycles. The van der Waals surface area contributed by atoms with Crippen molar-refractivity contribution in [1.82, 2.24) is 0 Å². The van der Waals surface area contributed by atoms with Gasteiger partial charge in [-0.3, -0.25) is 4.79 Å². The van der Waals surface area contributed by atoms with Gasteiger partial charge in [0.1, 0.15) is 0 Å². The van der Waals surface area contributed by atoms with Crippen LogP contribution in [-0.2, 0) is 14.3 Å². The van der Waals surface area contributed by atoms with Gasteiger partial charge in [-0.2, -0.15) is 0 Å². The summed E-state index contributed by atoms with van der Waals surface area (Å²) in [5.74, 6) is -1.42. The molecule has 0 aliphatic carbocycles. The molecule has 0 aliphatic rings. The van der Waals surface area contributed by atoms with E-state index in [4.69, 9.17) is 0 Å². The van der Waals surface area contributed by atoms with E-state index in [0.717, 1.165) is 0 Å². The summed E-state index contributed by atoms with van der Waals surface area (Å²) in [6.45, 7) is 3.68. The van der Waals surface area contributed by atoms with Crippen molar-refractivity contribution in [2.24, 2.45) is 0 Å². The summed E-state index contributed by atoms with van der Waals surface area (Å²) in [6.07, 6.45) is 5.72. The Kier molecular flexibility index (Phi) is 5.52. The SMILES string of the molecule is C/C=C\C(=C/CC)C(=O)C(=O)OC. The lowest BCUT2D eigenvalue weighted by molar-refractivity contribution is -0.149. The minimum Gasteiger partial charge on any atom is -0.463 e. The Morgan fingerprint density at radius 1 is 1.38 bits per heavy atom. The smallest absolute Gasteiger partial charge is 0.379 e. The van der Waals surface area contributed by atoms with Gasteiger partial charge in [-0.1, -0.05) is 25.2 Å². The molecule has 0 aliphatic heterocycles. The van der Waals surface area contributed by atoms with Crippen molar-refractivity contribution in [3.8, 4) is 0 Å².